The Bertz CT molecular complexity index is 363. The van der Waals surface area contributed by atoms with E-state index in [1.54, 1.807) is 0 Å². The first kappa shape index (κ1) is 13.2. The second-order valence-corrected chi connectivity index (χ2v) is 4.01. The minimum Gasteiger partial charge on any atom is -0.211 e. The van der Waals surface area contributed by atoms with Gasteiger partial charge in [0.1, 0.15) is 0 Å². The van der Waals surface area contributed by atoms with E-state index in [-0.39, 0.29) is 18.1 Å². The largest absolute Gasteiger partial charge is 0.235 e. The molecule has 6 nitrogen and oxygen atoms in total. The quantitative estimate of drug-likeness (QED) is 0.541. The molecule has 0 amide bonds. The molecule has 0 aliphatic heterocycles. The third kappa shape index (κ3) is 4.66. The van der Waals surface area contributed by atoms with Crippen LogP contribution in [-0.4, -0.2) is 36.4 Å². The minimum atomic E-state index is -0.209. The summed E-state index contributed by atoms with van der Waals surface area (Å²) in [5, 5.41) is 0. The fourth-order valence-corrected chi connectivity index (χ4v) is 2.05. The fourth-order valence-electron chi connectivity index (χ4n) is 2.05. The number of hydrogen-bond donors (Lipinski definition) is 0. The summed E-state index contributed by atoms with van der Waals surface area (Å²) >= 11 is 0. The molecule has 2 atom stereocenters. The summed E-state index contributed by atoms with van der Waals surface area (Å²) in [7, 11) is 0. The first-order chi connectivity index (χ1) is 8.30. The molecule has 0 N–H and O–H groups in total. The third-order valence-electron chi connectivity index (χ3n) is 2.92. The van der Waals surface area contributed by atoms with Crippen molar-refractivity contribution in [2.75, 3.05) is 0 Å². The maximum Gasteiger partial charge on any atom is 0.235 e. The zero-order valence-electron chi connectivity index (χ0n) is 9.33. The van der Waals surface area contributed by atoms with Gasteiger partial charge in [-0.15, -0.1) is 0 Å². The van der Waals surface area contributed by atoms with E-state index in [4.69, 9.17) is 0 Å². The van der Waals surface area contributed by atoms with E-state index in [1.807, 2.05) is 0 Å². The monoisotopic (exact) mass is 235 g/mol. The molecule has 0 heterocycles. The SMILES string of the molecule is O=C=NC1CCC(N=C=O)CC(N=C=O)CC1. The maximum absolute atomic E-state index is 10.3. The van der Waals surface area contributed by atoms with Gasteiger partial charge in [-0.3, -0.25) is 0 Å². The molecule has 0 saturated heterocycles. The Balaban J connectivity index is 2.75. The van der Waals surface area contributed by atoms with Gasteiger partial charge in [-0.2, -0.15) is 0 Å². The van der Waals surface area contributed by atoms with Gasteiger partial charge < -0.3 is 0 Å². The number of carbonyl (C=O) groups excluding carboxylic acids is 3. The van der Waals surface area contributed by atoms with Crippen LogP contribution >= 0.6 is 0 Å². The van der Waals surface area contributed by atoms with E-state index in [1.165, 1.54) is 18.2 Å². The van der Waals surface area contributed by atoms with Gasteiger partial charge in [0.15, 0.2) is 0 Å². The summed E-state index contributed by atoms with van der Waals surface area (Å²) in [5.74, 6) is 0. The standard InChI is InChI=1S/C11H13N3O3/c15-6-12-9-1-3-10(13-7-16)5-11(4-2-9)14-8-17/h9-11H,1-5H2. The normalized spacial score (nSPS) is 28.6. The summed E-state index contributed by atoms with van der Waals surface area (Å²) in [6.45, 7) is 0. The zero-order chi connectivity index (χ0) is 12.5. The maximum atomic E-state index is 10.3. The highest BCUT2D eigenvalue weighted by molar-refractivity contribution is 5.35. The number of isocyanates is 3. The molecule has 0 radical (unpaired) electrons. The highest BCUT2D eigenvalue weighted by Crippen LogP contribution is 2.23. The molecule has 0 bridgehead atoms. The summed E-state index contributed by atoms with van der Waals surface area (Å²) < 4.78 is 0. The molecule has 0 aromatic heterocycles. The Morgan fingerprint density at radius 2 is 1.00 bits per heavy atom. The molecule has 1 aliphatic carbocycles. The Morgan fingerprint density at radius 3 is 1.41 bits per heavy atom. The van der Waals surface area contributed by atoms with E-state index in [0.717, 1.165) is 0 Å². The lowest BCUT2D eigenvalue weighted by atomic mass is 9.91. The van der Waals surface area contributed by atoms with Crippen LogP contribution in [-0.2, 0) is 14.4 Å². The van der Waals surface area contributed by atoms with Gasteiger partial charge in [-0.1, -0.05) is 0 Å². The van der Waals surface area contributed by atoms with Gasteiger partial charge in [0.25, 0.3) is 0 Å². The van der Waals surface area contributed by atoms with Crippen molar-refractivity contribution < 1.29 is 14.4 Å². The second-order valence-electron chi connectivity index (χ2n) is 4.01. The van der Waals surface area contributed by atoms with E-state index >= 15 is 0 Å². The predicted molar refractivity (Wildman–Crippen MR) is 58.8 cm³/mol. The molecule has 2 unspecified atom stereocenters. The number of rotatable bonds is 3. The van der Waals surface area contributed by atoms with Gasteiger partial charge in [0.05, 0.1) is 18.1 Å². The second kappa shape index (κ2) is 7.42. The van der Waals surface area contributed by atoms with Gasteiger partial charge >= 0.3 is 0 Å². The van der Waals surface area contributed by atoms with Crippen molar-refractivity contribution in [1.29, 1.82) is 0 Å². The Kier molecular flexibility index (Phi) is 5.76. The molecule has 0 aromatic carbocycles. The van der Waals surface area contributed by atoms with Crippen molar-refractivity contribution in [1.82, 2.24) is 0 Å². The van der Waals surface area contributed by atoms with Gasteiger partial charge in [0.2, 0.25) is 18.2 Å². The average Bonchev–Trinajstić information content (AvgIpc) is 2.30. The van der Waals surface area contributed by atoms with Crippen LogP contribution in [0.15, 0.2) is 15.0 Å². The molecule has 90 valence electrons. The van der Waals surface area contributed by atoms with Crippen molar-refractivity contribution in [3.8, 4) is 0 Å². The molecule has 0 aromatic rings. The van der Waals surface area contributed by atoms with Crippen LogP contribution in [0.2, 0.25) is 0 Å². The minimum absolute atomic E-state index is 0.124. The predicted octanol–water partition coefficient (Wildman–Crippen LogP) is 1.06. The Labute approximate surface area is 98.6 Å². The summed E-state index contributed by atoms with van der Waals surface area (Å²) in [6.07, 6.45) is 7.76. The van der Waals surface area contributed by atoms with Crippen LogP contribution < -0.4 is 0 Å². The van der Waals surface area contributed by atoms with Crippen molar-refractivity contribution in [3.63, 3.8) is 0 Å². The lowest BCUT2D eigenvalue weighted by Crippen LogP contribution is -2.22. The molecule has 6 heteroatoms. The molecule has 1 rings (SSSR count). The Hall–Kier alpha value is -1.86. The summed E-state index contributed by atoms with van der Waals surface area (Å²) in [4.78, 5) is 41.8. The Morgan fingerprint density at radius 1 is 0.647 bits per heavy atom. The van der Waals surface area contributed by atoms with Crippen molar-refractivity contribution in [2.24, 2.45) is 15.0 Å². The van der Waals surface area contributed by atoms with Crippen LogP contribution in [0.3, 0.4) is 0 Å². The van der Waals surface area contributed by atoms with E-state index in [0.29, 0.717) is 32.1 Å². The zero-order valence-corrected chi connectivity index (χ0v) is 9.33. The molecule has 1 saturated carbocycles. The smallest absolute Gasteiger partial charge is 0.211 e. The molecule has 1 fully saturated rings. The fraction of sp³-hybridized carbons (Fsp3) is 0.727. The molecule has 0 spiro atoms. The number of nitrogens with zero attached hydrogens (tertiary/aromatic N) is 3. The van der Waals surface area contributed by atoms with Crippen molar-refractivity contribution in [3.05, 3.63) is 0 Å². The van der Waals surface area contributed by atoms with E-state index in [2.05, 4.69) is 15.0 Å². The van der Waals surface area contributed by atoms with Crippen LogP contribution in [0.1, 0.15) is 32.1 Å². The van der Waals surface area contributed by atoms with Crippen LogP contribution in [0.5, 0.6) is 0 Å². The van der Waals surface area contributed by atoms with Crippen molar-refractivity contribution in [2.45, 2.75) is 50.2 Å². The van der Waals surface area contributed by atoms with E-state index in [9.17, 15) is 14.4 Å². The topological polar surface area (TPSA) is 88.3 Å². The van der Waals surface area contributed by atoms with Crippen LogP contribution in [0.25, 0.3) is 0 Å². The van der Waals surface area contributed by atoms with Gasteiger partial charge in [-0.25, -0.2) is 29.4 Å². The molecular formula is C11H13N3O3. The van der Waals surface area contributed by atoms with Crippen LogP contribution in [0, 0.1) is 0 Å². The van der Waals surface area contributed by atoms with E-state index < -0.39 is 0 Å². The lowest BCUT2D eigenvalue weighted by Gasteiger charge is -2.22. The van der Waals surface area contributed by atoms with Crippen LogP contribution in [0.4, 0.5) is 0 Å². The third-order valence-corrected chi connectivity index (χ3v) is 2.92. The first-order valence-corrected chi connectivity index (χ1v) is 5.51. The first-order valence-electron chi connectivity index (χ1n) is 5.51. The highest BCUT2D eigenvalue weighted by Gasteiger charge is 2.22. The highest BCUT2D eigenvalue weighted by atomic mass is 16.1. The van der Waals surface area contributed by atoms with Crippen molar-refractivity contribution >= 4 is 18.2 Å². The number of aliphatic imine (C=N–C) groups is 3. The van der Waals surface area contributed by atoms with Gasteiger partial charge in [0, 0.05) is 0 Å². The van der Waals surface area contributed by atoms with Gasteiger partial charge in [-0.05, 0) is 32.1 Å². The molecular weight excluding hydrogens is 222 g/mol. The summed E-state index contributed by atoms with van der Waals surface area (Å²) in [5.41, 5.74) is 0. The summed E-state index contributed by atoms with van der Waals surface area (Å²) in [6, 6.07) is -0.542. The molecule has 1 aliphatic rings. The average molecular weight is 235 g/mol. The number of hydrogen-bond acceptors (Lipinski definition) is 6. The molecule has 17 heavy (non-hydrogen) atoms. The lowest BCUT2D eigenvalue weighted by molar-refractivity contribution is 0.382.